The lowest BCUT2D eigenvalue weighted by Gasteiger charge is -2.58. The van der Waals surface area contributed by atoms with Gasteiger partial charge in [-0.15, -0.1) is 0 Å². The van der Waals surface area contributed by atoms with Crippen LogP contribution in [0.4, 0.5) is 0 Å². The summed E-state index contributed by atoms with van der Waals surface area (Å²) in [6.45, 7) is 8.35. The van der Waals surface area contributed by atoms with Crippen molar-refractivity contribution >= 4 is 12.1 Å². The van der Waals surface area contributed by atoms with Gasteiger partial charge in [-0.1, -0.05) is 34.1 Å². The number of hydrogen-bond donors (Lipinski definition) is 1. The van der Waals surface area contributed by atoms with Crippen LogP contribution in [0.1, 0.15) is 66.2 Å². The lowest BCUT2D eigenvalue weighted by molar-refractivity contribution is -0.141. The van der Waals surface area contributed by atoms with Gasteiger partial charge in [0.15, 0.2) is 5.78 Å². The summed E-state index contributed by atoms with van der Waals surface area (Å²) in [5.41, 5.74) is -0.374. The molecule has 0 aliphatic heterocycles. The van der Waals surface area contributed by atoms with Crippen LogP contribution in [0.5, 0.6) is 0 Å². The molecular weight excluding hydrogens is 288 g/mol. The van der Waals surface area contributed by atoms with Gasteiger partial charge in [-0.2, -0.15) is 0 Å². The predicted molar refractivity (Wildman–Crippen MR) is 89.8 cm³/mol. The van der Waals surface area contributed by atoms with Gasteiger partial charge in [0.1, 0.15) is 6.29 Å². The first-order valence-electron chi connectivity index (χ1n) is 9.11. The number of aliphatic hydroxyl groups is 1. The van der Waals surface area contributed by atoms with E-state index in [1.807, 2.05) is 26.8 Å². The number of carbonyl (C=O) groups excluding carboxylic acids is 2. The highest BCUT2D eigenvalue weighted by atomic mass is 16.3. The molecule has 3 rings (SSSR count). The van der Waals surface area contributed by atoms with Crippen LogP contribution < -0.4 is 0 Å². The third-order valence-electron chi connectivity index (χ3n) is 7.41. The Kier molecular flexibility index (Phi) is 3.87. The van der Waals surface area contributed by atoms with Crippen molar-refractivity contribution in [2.24, 2.45) is 28.6 Å². The van der Waals surface area contributed by atoms with E-state index < -0.39 is 5.60 Å². The van der Waals surface area contributed by atoms with Crippen molar-refractivity contribution < 1.29 is 14.7 Å². The van der Waals surface area contributed by atoms with Crippen molar-refractivity contribution in [2.75, 3.05) is 0 Å². The van der Waals surface area contributed by atoms with Crippen LogP contribution in [0.15, 0.2) is 11.6 Å². The average Bonchev–Trinajstić information content (AvgIpc) is 2.50. The van der Waals surface area contributed by atoms with E-state index in [1.54, 1.807) is 0 Å². The maximum absolute atomic E-state index is 12.8. The molecule has 3 aliphatic carbocycles. The zero-order valence-corrected chi connectivity index (χ0v) is 14.9. The number of Topliss-reactive ketones (excluding diaryl/α,β-unsaturated/α-hetero) is 1. The minimum Gasteiger partial charge on any atom is -0.386 e. The Morgan fingerprint density at radius 1 is 1.26 bits per heavy atom. The number of aldehydes is 1. The summed E-state index contributed by atoms with van der Waals surface area (Å²) in [7, 11) is 0. The molecule has 0 spiro atoms. The molecule has 3 heteroatoms. The zero-order valence-electron chi connectivity index (χ0n) is 14.9. The first-order valence-corrected chi connectivity index (χ1v) is 9.11. The SMILES string of the molecule is CC(C)C1(O)C=C2C(=O)CC3C(C)(C=O)CCCC3(C)C2CC1. The van der Waals surface area contributed by atoms with Crippen LogP contribution in [0, 0.1) is 28.6 Å². The number of allylic oxidation sites excluding steroid dienone is 1. The Morgan fingerprint density at radius 2 is 1.96 bits per heavy atom. The standard InChI is InChI=1S/C20H30O3/c1-13(2)20(23)9-6-15-14(11-20)16(22)10-17-18(3,12-21)7-5-8-19(15,17)4/h11-13,15,17,23H,5-10H2,1-4H3. The largest absolute Gasteiger partial charge is 0.386 e. The first kappa shape index (κ1) is 16.9. The summed E-state index contributed by atoms with van der Waals surface area (Å²) in [5.74, 6) is 0.612. The molecule has 0 bridgehead atoms. The molecule has 0 aromatic carbocycles. The van der Waals surface area contributed by atoms with Crippen molar-refractivity contribution in [3.63, 3.8) is 0 Å². The molecule has 0 aromatic rings. The fourth-order valence-corrected chi connectivity index (χ4v) is 5.67. The summed E-state index contributed by atoms with van der Waals surface area (Å²) >= 11 is 0. The van der Waals surface area contributed by atoms with Crippen molar-refractivity contribution in [3.8, 4) is 0 Å². The van der Waals surface area contributed by atoms with Crippen molar-refractivity contribution in [3.05, 3.63) is 11.6 Å². The Labute approximate surface area is 139 Å². The van der Waals surface area contributed by atoms with E-state index in [0.717, 1.165) is 37.5 Å². The highest BCUT2D eigenvalue weighted by Gasteiger charge is 2.58. The van der Waals surface area contributed by atoms with E-state index in [-0.39, 0.29) is 34.4 Å². The van der Waals surface area contributed by atoms with E-state index in [9.17, 15) is 14.7 Å². The second kappa shape index (κ2) is 5.27. The summed E-state index contributed by atoms with van der Waals surface area (Å²) in [6.07, 6.45) is 8.03. The molecule has 1 N–H and O–H groups in total. The Morgan fingerprint density at radius 3 is 2.57 bits per heavy atom. The van der Waals surface area contributed by atoms with Crippen molar-refractivity contribution in [2.45, 2.75) is 71.8 Å². The molecule has 5 atom stereocenters. The molecule has 3 nitrogen and oxygen atoms in total. The summed E-state index contributed by atoms with van der Waals surface area (Å²) in [5, 5.41) is 10.8. The molecule has 5 unspecified atom stereocenters. The molecule has 0 heterocycles. The third-order valence-corrected chi connectivity index (χ3v) is 7.41. The van der Waals surface area contributed by atoms with Gasteiger partial charge in [-0.05, 0) is 60.5 Å². The fourth-order valence-electron chi connectivity index (χ4n) is 5.67. The van der Waals surface area contributed by atoms with Crippen LogP contribution >= 0.6 is 0 Å². The number of hydrogen-bond acceptors (Lipinski definition) is 3. The molecule has 128 valence electrons. The molecule has 2 saturated carbocycles. The highest BCUT2D eigenvalue weighted by Crippen LogP contribution is 2.62. The molecule has 23 heavy (non-hydrogen) atoms. The highest BCUT2D eigenvalue weighted by molar-refractivity contribution is 5.98. The van der Waals surface area contributed by atoms with Gasteiger partial charge in [0.2, 0.25) is 0 Å². The van der Waals surface area contributed by atoms with Gasteiger partial charge in [0.05, 0.1) is 5.60 Å². The number of rotatable bonds is 2. The minimum absolute atomic E-state index is 0.00592. The maximum Gasteiger partial charge on any atom is 0.159 e. The summed E-state index contributed by atoms with van der Waals surface area (Å²) < 4.78 is 0. The van der Waals surface area contributed by atoms with E-state index in [4.69, 9.17) is 0 Å². The van der Waals surface area contributed by atoms with Gasteiger partial charge in [-0.3, -0.25) is 4.79 Å². The minimum atomic E-state index is -0.854. The van der Waals surface area contributed by atoms with Crippen LogP contribution in [-0.2, 0) is 9.59 Å². The monoisotopic (exact) mass is 318 g/mol. The second-order valence-corrected chi connectivity index (χ2v) is 9.00. The fraction of sp³-hybridized carbons (Fsp3) is 0.800. The first-order chi connectivity index (χ1) is 10.7. The van der Waals surface area contributed by atoms with Crippen molar-refractivity contribution in [1.82, 2.24) is 0 Å². The molecule has 0 amide bonds. The second-order valence-electron chi connectivity index (χ2n) is 9.00. The van der Waals surface area contributed by atoms with Crippen LogP contribution in [0.25, 0.3) is 0 Å². The number of carbonyl (C=O) groups is 2. The zero-order chi connectivity index (χ0) is 17.0. The molecule has 0 aromatic heterocycles. The summed E-state index contributed by atoms with van der Waals surface area (Å²) in [6, 6.07) is 0. The van der Waals surface area contributed by atoms with Gasteiger partial charge in [-0.25, -0.2) is 0 Å². The Balaban J connectivity index is 2.04. The lowest BCUT2D eigenvalue weighted by atomic mass is 9.45. The van der Waals surface area contributed by atoms with E-state index in [0.29, 0.717) is 12.8 Å². The van der Waals surface area contributed by atoms with Crippen LogP contribution in [0.2, 0.25) is 0 Å². The molecular formula is C20H30O3. The Bertz CT molecular complexity index is 563. The number of ketones is 1. The molecule has 0 saturated heterocycles. The van der Waals surface area contributed by atoms with Crippen LogP contribution in [-0.4, -0.2) is 22.8 Å². The lowest BCUT2D eigenvalue weighted by Crippen LogP contribution is -2.55. The van der Waals surface area contributed by atoms with Crippen LogP contribution in [0.3, 0.4) is 0 Å². The Hall–Kier alpha value is -0.960. The third kappa shape index (κ3) is 2.34. The molecule has 3 aliphatic rings. The smallest absolute Gasteiger partial charge is 0.159 e. The topological polar surface area (TPSA) is 54.4 Å². The van der Waals surface area contributed by atoms with E-state index >= 15 is 0 Å². The van der Waals surface area contributed by atoms with Crippen molar-refractivity contribution in [1.29, 1.82) is 0 Å². The van der Waals surface area contributed by atoms with E-state index in [2.05, 4.69) is 6.92 Å². The van der Waals surface area contributed by atoms with Gasteiger partial charge < -0.3 is 9.90 Å². The normalized spacial score (nSPS) is 46.9. The van der Waals surface area contributed by atoms with Gasteiger partial charge >= 0.3 is 0 Å². The average molecular weight is 318 g/mol. The number of fused-ring (bicyclic) bond motifs is 3. The molecule has 2 fully saturated rings. The molecule has 0 radical (unpaired) electrons. The quantitative estimate of drug-likeness (QED) is 0.790. The van der Waals surface area contributed by atoms with Gasteiger partial charge in [0.25, 0.3) is 0 Å². The summed E-state index contributed by atoms with van der Waals surface area (Å²) in [4.78, 5) is 24.6. The predicted octanol–water partition coefficient (Wildman–Crippen LogP) is 3.69. The maximum atomic E-state index is 12.8. The van der Waals surface area contributed by atoms with E-state index in [1.165, 1.54) is 0 Å². The van der Waals surface area contributed by atoms with Gasteiger partial charge in [0, 0.05) is 11.8 Å².